The molecule has 0 aliphatic carbocycles. The van der Waals surface area contributed by atoms with Crippen LogP contribution in [0.4, 0.5) is 0 Å². The molecule has 0 heterocycles. The molecule has 0 spiro atoms. The van der Waals surface area contributed by atoms with E-state index in [-0.39, 0.29) is 0 Å². The second kappa shape index (κ2) is 6.84. The molecule has 0 N–H and O–H groups in total. The summed E-state index contributed by atoms with van der Waals surface area (Å²) in [6.45, 7) is 4.55. The van der Waals surface area contributed by atoms with Crippen molar-refractivity contribution in [2.24, 2.45) is 5.92 Å². The molecule has 0 aromatic rings. The highest BCUT2D eigenvalue weighted by Gasteiger charge is 2.01. The molecule has 0 radical (unpaired) electrons. The summed E-state index contributed by atoms with van der Waals surface area (Å²) in [7, 11) is 0. The minimum absolute atomic E-state index is 0.991. The van der Waals surface area contributed by atoms with Gasteiger partial charge in [-0.1, -0.05) is 55.7 Å². The Labute approximate surface area is 72.6 Å². The second-order valence-corrected chi connectivity index (χ2v) is 3.45. The number of rotatable bonds is 5. The van der Waals surface area contributed by atoms with Gasteiger partial charge in [0.05, 0.1) is 0 Å². The van der Waals surface area contributed by atoms with Gasteiger partial charge in [0.2, 0.25) is 0 Å². The summed E-state index contributed by atoms with van der Waals surface area (Å²) in [5.74, 6) is 0.991. The first kappa shape index (κ1) is 9.73. The van der Waals surface area contributed by atoms with Gasteiger partial charge in [-0.05, 0) is 12.3 Å². The highest BCUT2D eigenvalue weighted by atomic mass is 127. The van der Waals surface area contributed by atoms with E-state index in [1.54, 1.807) is 0 Å². The van der Waals surface area contributed by atoms with E-state index in [1.807, 2.05) is 0 Å². The van der Waals surface area contributed by atoms with E-state index >= 15 is 0 Å². The molecule has 0 aromatic heterocycles. The highest BCUT2D eigenvalue weighted by molar-refractivity contribution is 14.1. The van der Waals surface area contributed by atoms with Crippen molar-refractivity contribution >= 4 is 22.6 Å². The lowest BCUT2D eigenvalue weighted by Crippen LogP contribution is -1.98. The van der Waals surface area contributed by atoms with E-state index in [4.69, 9.17) is 0 Å². The van der Waals surface area contributed by atoms with Crippen LogP contribution in [0.25, 0.3) is 0 Å². The maximum Gasteiger partial charge on any atom is 0.00236 e. The number of unbranched alkanes of at least 4 members (excludes halogenated alkanes) is 1. The fourth-order valence-corrected chi connectivity index (χ4v) is 1.95. The van der Waals surface area contributed by atoms with Gasteiger partial charge < -0.3 is 0 Å². The predicted octanol–water partition coefficient (Wildman–Crippen LogP) is 3.64. The number of halogens is 1. The maximum absolute atomic E-state index is 2.49. The van der Waals surface area contributed by atoms with E-state index < -0.39 is 0 Å². The third-order valence-electron chi connectivity index (χ3n) is 1.76. The van der Waals surface area contributed by atoms with Gasteiger partial charge in [-0.15, -0.1) is 0 Å². The first-order chi connectivity index (χ1) is 4.35. The Kier molecular flexibility index (Phi) is 7.40. The van der Waals surface area contributed by atoms with Crippen LogP contribution in [0.1, 0.15) is 39.5 Å². The topological polar surface area (TPSA) is 0 Å². The molecule has 1 unspecified atom stereocenters. The van der Waals surface area contributed by atoms with Gasteiger partial charge in [-0.2, -0.15) is 0 Å². The minimum atomic E-state index is 0.991. The van der Waals surface area contributed by atoms with Crippen LogP contribution in [0.3, 0.4) is 0 Å². The Morgan fingerprint density at radius 3 is 2.33 bits per heavy atom. The van der Waals surface area contributed by atoms with Crippen LogP contribution >= 0.6 is 22.6 Å². The molecule has 0 bridgehead atoms. The van der Waals surface area contributed by atoms with E-state index in [0.717, 1.165) is 5.92 Å². The standard InChI is InChI=1S/C8H17I/c1-3-5-6-8(4-2)7-9/h8H,3-7H2,1-2H3. The Balaban J connectivity index is 3.09. The highest BCUT2D eigenvalue weighted by Crippen LogP contribution is 2.14. The lowest BCUT2D eigenvalue weighted by Gasteiger charge is -2.08. The molecule has 0 aliphatic heterocycles. The maximum atomic E-state index is 2.49. The summed E-state index contributed by atoms with van der Waals surface area (Å²) in [6, 6.07) is 0. The zero-order valence-corrected chi connectivity index (χ0v) is 8.65. The summed E-state index contributed by atoms with van der Waals surface area (Å²) >= 11 is 2.49. The molecule has 0 rings (SSSR count). The van der Waals surface area contributed by atoms with Crippen LogP contribution in [-0.4, -0.2) is 4.43 Å². The molecule has 56 valence electrons. The fourth-order valence-electron chi connectivity index (χ4n) is 0.883. The largest absolute Gasteiger partial charge is 0.0861 e. The fraction of sp³-hybridized carbons (Fsp3) is 1.00. The van der Waals surface area contributed by atoms with Crippen molar-refractivity contribution in [3.63, 3.8) is 0 Å². The van der Waals surface area contributed by atoms with Crippen molar-refractivity contribution < 1.29 is 0 Å². The summed E-state index contributed by atoms with van der Waals surface area (Å²) < 4.78 is 1.34. The van der Waals surface area contributed by atoms with Crippen molar-refractivity contribution in [1.29, 1.82) is 0 Å². The predicted molar refractivity (Wildman–Crippen MR) is 52.2 cm³/mol. The molecule has 1 atom stereocenters. The summed E-state index contributed by atoms with van der Waals surface area (Å²) in [5, 5.41) is 0. The van der Waals surface area contributed by atoms with Gasteiger partial charge in [-0.25, -0.2) is 0 Å². The van der Waals surface area contributed by atoms with E-state index in [1.165, 1.54) is 30.1 Å². The average molecular weight is 240 g/mol. The van der Waals surface area contributed by atoms with Crippen LogP contribution in [0, 0.1) is 5.92 Å². The summed E-state index contributed by atoms with van der Waals surface area (Å²) in [4.78, 5) is 0. The Morgan fingerprint density at radius 1 is 1.33 bits per heavy atom. The van der Waals surface area contributed by atoms with Gasteiger partial charge in [0.1, 0.15) is 0 Å². The number of hydrogen-bond acceptors (Lipinski definition) is 0. The SMILES string of the molecule is CCCCC(CC)CI. The van der Waals surface area contributed by atoms with Crippen molar-refractivity contribution in [3.05, 3.63) is 0 Å². The Morgan fingerprint density at radius 2 is 2.00 bits per heavy atom. The summed E-state index contributed by atoms with van der Waals surface area (Å²) in [6.07, 6.45) is 5.58. The third-order valence-corrected chi connectivity index (χ3v) is 3.01. The molecule has 0 nitrogen and oxygen atoms in total. The number of hydrogen-bond donors (Lipinski definition) is 0. The van der Waals surface area contributed by atoms with Gasteiger partial charge in [-0.3, -0.25) is 0 Å². The molecule has 0 saturated heterocycles. The lowest BCUT2D eigenvalue weighted by atomic mass is 10.0. The Bertz CT molecular complexity index is 48.5. The molecule has 0 aliphatic rings. The molecule has 0 fully saturated rings. The zero-order valence-electron chi connectivity index (χ0n) is 6.49. The van der Waals surface area contributed by atoms with Crippen LogP contribution in [-0.2, 0) is 0 Å². The smallest absolute Gasteiger partial charge is 0.00236 e. The molecule has 0 saturated carbocycles. The molecule has 1 heteroatoms. The number of alkyl halides is 1. The Hall–Kier alpha value is 0.730. The average Bonchev–Trinajstić information content (AvgIpc) is 1.91. The van der Waals surface area contributed by atoms with Crippen molar-refractivity contribution in [2.75, 3.05) is 4.43 Å². The zero-order chi connectivity index (χ0) is 7.11. The van der Waals surface area contributed by atoms with Crippen LogP contribution in [0.5, 0.6) is 0 Å². The quantitative estimate of drug-likeness (QED) is 0.508. The lowest BCUT2D eigenvalue weighted by molar-refractivity contribution is 0.505. The normalized spacial score (nSPS) is 13.7. The van der Waals surface area contributed by atoms with E-state index in [9.17, 15) is 0 Å². The van der Waals surface area contributed by atoms with Crippen molar-refractivity contribution in [2.45, 2.75) is 39.5 Å². The van der Waals surface area contributed by atoms with Gasteiger partial charge in [0.15, 0.2) is 0 Å². The van der Waals surface area contributed by atoms with Crippen LogP contribution in [0.2, 0.25) is 0 Å². The van der Waals surface area contributed by atoms with Crippen LogP contribution in [0.15, 0.2) is 0 Å². The van der Waals surface area contributed by atoms with Crippen LogP contribution < -0.4 is 0 Å². The molecular weight excluding hydrogens is 223 g/mol. The molecule has 0 aromatic carbocycles. The monoisotopic (exact) mass is 240 g/mol. The third kappa shape index (κ3) is 5.19. The first-order valence-electron chi connectivity index (χ1n) is 3.91. The van der Waals surface area contributed by atoms with Gasteiger partial charge >= 0.3 is 0 Å². The van der Waals surface area contributed by atoms with Crippen molar-refractivity contribution in [3.8, 4) is 0 Å². The van der Waals surface area contributed by atoms with Gasteiger partial charge in [0.25, 0.3) is 0 Å². The van der Waals surface area contributed by atoms with Gasteiger partial charge in [0, 0.05) is 4.43 Å². The molecule has 0 amide bonds. The second-order valence-electron chi connectivity index (χ2n) is 2.57. The molecule has 9 heavy (non-hydrogen) atoms. The summed E-state index contributed by atoms with van der Waals surface area (Å²) in [5.41, 5.74) is 0. The molecular formula is C8H17I. The van der Waals surface area contributed by atoms with Crippen molar-refractivity contribution in [1.82, 2.24) is 0 Å². The van der Waals surface area contributed by atoms with E-state index in [2.05, 4.69) is 36.4 Å². The minimum Gasteiger partial charge on any atom is -0.0861 e. The first-order valence-corrected chi connectivity index (χ1v) is 5.43. The van der Waals surface area contributed by atoms with E-state index in [0.29, 0.717) is 0 Å².